The van der Waals surface area contributed by atoms with Crippen LogP contribution in [-0.2, 0) is 12.8 Å². The Kier molecular flexibility index (Phi) is 4.01. The zero-order valence-electron chi connectivity index (χ0n) is 11.5. The fourth-order valence-corrected chi connectivity index (χ4v) is 3.04. The summed E-state index contributed by atoms with van der Waals surface area (Å²) in [5.74, 6) is 1.46. The molecule has 0 bridgehead atoms. The molecule has 0 radical (unpaired) electrons. The standard InChI is InChI=1S/C16H17BrN2O/c1-2-15-18-14(17)10-16(19-15)20-13-9-5-7-11-6-3-4-8-12(11)13/h3-4,6,8,10,13H,2,5,7,9H2,1H3. The van der Waals surface area contributed by atoms with Gasteiger partial charge in [-0.25, -0.2) is 4.98 Å². The first-order valence-corrected chi connectivity index (χ1v) is 7.83. The number of aromatic nitrogens is 2. The van der Waals surface area contributed by atoms with Gasteiger partial charge in [-0.15, -0.1) is 0 Å². The highest BCUT2D eigenvalue weighted by Gasteiger charge is 2.22. The normalized spacial score (nSPS) is 17.6. The average Bonchev–Trinajstić information content (AvgIpc) is 2.47. The zero-order valence-corrected chi connectivity index (χ0v) is 13.1. The van der Waals surface area contributed by atoms with Crippen molar-refractivity contribution in [3.05, 3.63) is 51.9 Å². The maximum Gasteiger partial charge on any atom is 0.218 e. The first kappa shape index (κ1) is 13.6. The first-order chi connectivity index (χ1) is 9.76. The Morgan fingerprint density at radius 3 is 3.00 bits per heavy atom. The lowest BCUT2D eigenvalue weighted by Gasteiger charge is -2.25. The molecule has 3 nitrogen and oxygen atoms in total. The lowest BCUT2D eigenvalue weighted by atomic mass is 9.89. The molecule has 20 heavy (non-hydrogen) atoms. The highest BCUT2D eigenvalue weighted by molar-refractivity contribution is 9.10. The van der Waals surface area contributed by atoms with Gasteiger partial charge in [-0.2, -0.15) is 4.98 Å². The molecule has 1 heterocycles. The van der Waals surface area contributed by atoms with Crippen molar-refractivity contribution in [3.63, 3.8) is 0 Å². The summed E-state index contributed by atoms with van der Waals surface area (Å²) in [5, 5.41) is 0. The van der Waals surface area contributed by atoms with E-state index in [-0.39, 0.29) is 6.10 Å². The van der Waals surface area contributed by atoms with Crippen LogP contribution in [0, 0.1) is 0 Å². The molecule has 0 saturated carbocycles. The van der Waals surface area contributed by atoms with Crippen LogP contribution in [0.25, 0.3) is 0 Å². The molecule has 1 atom stereocenters. The minimum Gasteiger partial charge on any atom is -0.469 e. The van der Waals surface area contributed by atoms with Crippen LogP contribution in [0.3, 0.4) is 0 Å². The Bertz CT molecular complexity index is 615. The van der Waals surface area contributed by atoms with Crippen LogP contribution in [0.2, 0.25) is 0 Å². The van der Waals surface area contributed by atoms with Gasteiger partial charge in [0.05, 0.1) is 0 Å². The second-order valence-corrected chi connectivity index (χ2v) is 5.81. The van der Waals surface area contributed by atoms with E-state index in [2.05, 4.69) is 50.2 Å². The summed E-state index contributed by atoms with van der Waals surface area (Å²) in [6.07, 6.45) is 4.25. The fourth-order valence-electron chi connectivity index (χ4n) is 2.64. The number of hydrogen-bond acceptors (Lipinski definition) is 3. The molecule has 0 saturated heterocycles. The van der Waals surface area contributed by atoms with Gasteiger partial charge in [-0.05, 0) is 46.3 Å². The van der Waals surface area contributed by atoms with Gasteiger partial charge in [0.25, 0.3) is 0 Å². The van der Waals surface area contributed by atoms with Gasteiger partial charge in [0.2, 0.25) is 5.88 Å². The third-order valence-electron chi connectivity index (χ3n) is 3.61. The first-order valence-electron chi connectivity index (χ1n) is 7.04. The summed E-state index contributed by atoms with van der Waals surface area (Å²) >= 11 is 3.42. The molecule has 0 N–H and O–H groups in total. The molecule has 1 aromatic carbocycles. The van der Waals surface area contributed by atoms with Crippen LogP contribution >= 0.6 is 15.9 Å². The summed E-state index contributed by atoms with van der Waals surface area (Å²) < 4.78 is 6.90. The summed E-state index contributed by atoms with van der Waals surface area (Å²) in [5.41, 5.74) is 2.69. The lowest BCUT2D eigenvalue weighted by Crippen LogP contribution is -2.16. The van der Waals surface area contributed by atoms with E-state index in [1.54, 1.807) is 0 Å². The van der Waals surface area contributed by atoms with Crippen molar-refractivity contribution in [1.82, 2.24) is 9.97 Å². The van der Waals surface area contributed by atoms with Crippen molar-refractivity contribution in [2.75, 3.05) is 0 Å². The summed E-state index contributed by atoms with van der Waals surface area (Å²) in [6, 6.07) is 10.4. The average molecular weight is 333 g/mol. The maximum absolute atomic E-state index is 6.12. The predicted octanol–water partition coefficient (Wildman–Crippen LogP) is 4.26. The zero-order chi connectivity index (χ0) is 13.9. The van der Waals surface area contributed by atoms with Gasteiger partial charge in [0.1, 0.15) is 16.5 Å². The molecular weight excluding hydrogens is 316 g/mol. The van der Waals surface area contributed by atoms with Crippen molar-refractivity contribution in [3.8, 4) is 5.88 Å². The fraction of sp³-hybridized carbons (Fsp3) is 0.375. The Hall–Kier alpha value is -1.42. The van der Waals surface area contributed by atoms with E-state index >= 15 is 0 Å². The number of aryl methyl sites for hydroxylation is 2. The van der Waals surface area contributed by atoms with Gasteiger partial charge < -0.3 is 4.74 Å². The van der Waals surface area contributed by atoms with Gasteiger partial charge in [0.15, 0.2) is 0 Å². The van der Waals surface area contributed by atoms with Crippen LogP contribution in [-0.4, -0.2) is 9.97 Å². The monoisotopic (exact) mass is 332 g/mol. The number of rotatable bonds is 3. The number of benzene rings is 1. The van der Waals surface area contributed by atoms with Crippen molar-refractivity contribution in [2.45, 2.75) is 38.7 Å². The molecule has 104 valence electrons. The number of halogens is 1. The van der Waals surface area contributed by atoms with E-state index in [1.807, 2.05) is 13.0 Å². The molecule has 1 unspecified atom stereocenters. The Labute approximate surface area is 127 Å². The van der Waals surface area contributed by atoms with E-state index in [4.69, 9.17) is 4.74 Å². The van der Waals surface area contributed by atoms with Crippen molar-refractivity contribution in [2.24, 2.45) is 0 Å². The Balaban J connectivity index is 1.87. The molecule has 0 amide bonds. The van der Waals surface area contributed by atoms with Crippen molar-refractivity contribution >= 4 is 15.9 Å². The van der Waals surface area contributed by atoms with E-state index in [9.17, 15) is 0 Å². The van der Waals surface area contributed by atoms with E-state index in [1.165, 1.54) is 11.1 Å². The largest absolute Gasteiger partial charge is 0.469 e. The summed E-state index contributed by atoms with van der Waals surface area (Å²) in [4.78, 5) is 8.77. The van der Waals surface area contributed by atoms with Crippen LogP contribution in [0.4, 0.5) is 0 Å². The Morgan fingerprint density at radius 2 is 2.15 bits per heavy atom. The second kappa shape index (κ2) is 5.92. The number of nitrogens with zero attached hydrogens (tertiary/aromatic N) is 2. The molecule has 1 aliphatic carbocycles. The minimum absolute atomic E-state index is 0.103. The topological polar surface area (TPSA) is 35.0 Å². The van der Waals surface area contributed by atoms with E-state index in [0.717, 1.165) is 36.1 Å². The minimum atomic E-state index is 0.103. The van der Waals surface area contributed by atoms with Gasteiger partial charge in [0, 0.05) is 12.5 Å². The van der Waals surface area contributed by atoms with Gasteiger partial charge in [-0.3, -0.25) is 0 Å². The van der Waals surface area contributed by atoms with Crippen molar-refractivity contribution in [1.29, 1.82) is 0 Å². The molecule has 0 spiro atoms. The van der Waals surface area contributed by atoms with Crippen molar-refractivity contribution < 1.29 is 4.74 Å². The molecule has 0 aliphatic heterocycles. The lowest BCUT2D eigenvalue weighted by molar-refractivity contribution is 0.175. The van der Waals surface area contributed by atoms with Crippen LogP contribution in [0.1, 0.15) is 42.8 Å². The molecule has 2 aromatic rings. The quantitative estimate of drug-likeness (QED) is 0.788. The highest BCUT2D eigenvalue weighted by Crippen LogP contribution is 2.33. The van der Waals surface area contributed by atoms with Crippen LogP contribution in [0.15, 0.2) is 34.9 Å². The van der Waals surface area contributed by atoms with E-state index < -0.39 is 0 Å². The summed E-state index contributed by atoms with van der Waals surface area (Å²) in [7, 11) is 0. The number of fused-ring (bicyclic) bond motifs is 1. The van der Waals surface area contributed by atoms with E-state index in [0.29, 0.717) is 5.88 Å². The van der Waals surface area contributed by atoms with Crippen LogP contribution < -0.4 is 4.74 Å². The Morgan fingerprint density at radius 1 is 1.30 bits per heavy atom. The SMILES string of the molecule is CCc1nc(Br)cc(OC2CCCc3ccccc32)n1. The van der Waals surface area contributed by atoms with Gasteiger partial charge in [-0.1, -0.05) is 31.2 Å². The number of ether oxygens (including phenoxy) is 1. The maximum atomic E-state index is 6.12. The second-order valence-electron chi connectivity index (χ2n) is 5.00. The molecular formula is C16H17BrN2O. The third-order valence-corrected chi connectivity index (χ3v) is 4.02. The van der Waals surface area contributed by atoms with Crippen LogP contribution in [0.5, 0.6) is 5.88 Å². The number of hydrogen-bond donors (Lipinski definition) is 0. The predicted molar refractivity (Wildman–Crippen MR) is 81.9 cm³/mol. The summed E-state index contributed by atoms with van der Waals surface area (Å²) in [6.45, 7) is 2.04. The van der Waals surface area contributed by atoms with Gasteiger partial charge >= 0.3 is 0 Å². The highest BCUT2D eigenvalue weighted by atomic mass is 79.9. The molecule has 3 rings (SSSR count). The molecule has 0 fully saturated rings. The molecule has 1 aromatic heterocycles. The smallest absolute Gasteiger partial charge is 0.218 e. The molecule has 4 heteroatoms. The molecule has 1 aliphatic rings. The third kappa shape index (κ3) is 2.85.